The number of nitro groups is 1. The molecule has 0 aliphatic carbocycles. The van der Waals surface area contributed by atoms with Gasteiger partial charge < -0.3 is 5.32 Å². The normalized spacial score (nSPS) is 12.4. The van der Waals surface area contributed by atoms with E-state index in [2.05, 4.69) is 17.2 Å². The zero-order valence-electron chi connectivity index (χ0n) is 10.3. The Morgan fingerprint density at radius 1 is 1.53 bits per heavy atom. The number of pyridine rings is 1. The van der Waals surface area contributed by atoms with Crippen molar-refractivity contribution < 1.29 is 4.92 Å². The van der Waals surface area contributed by atoms with Crippen LogP contribution in [0.4, 0.5) is 5.69 Å². The van der Waals surface area contributed by atoms with Gasteiger partial charge >= 0.3 is 0 Å². The predicted octanol–water partition coefficient (Wildman–Crippen LogP) is 2.31. The van der Waals surface area contributed by atoms with Crippen molar-refractivity contribution in [1.29, 1.82) is 0 Å². The first-order valence-corrected chi connectivity index (χ1v) is 5.99. The molecule has 94 valence electrons. The molecule has 0 amide bonds. The fraction of sp³-hybridized carbons (Fsp3) is 0.583. The highest BCUT2D eigenvalue weighted by Gasteiger charge is 2.16. The SMILES string of the molecule is CCCC(Cc1ccncc1[N+](=O)[O-])NCC. The van der Waals surface area contributed by atoms with Crippen molar-refractivity contribution in [1.82, 2.24) is 10.3 Å². The smallest absolute Gasteiger partial charge is 0.290 e. The predicted molar refractivity (Wildman–Crippen MR) is 67.0 cm³/mol. The molecule has 1 aromatic heterocycles. The summed E-state index contributed by atoms with van der Waals surface area (Å²) in [5.74, 6) is 0. The molecule has 0 fully saturated rings. The van der Waals surface area contributed by atoms with Crippen LogP contribution in [-0.4, -0.2) is 22.5 Å². The fourth-order valence-electron chi connectivity index (χ4n) is 1.93. The summed E-state index contributed by atoms with van der Waals surface area (Å²) in [5.41, 5.74) is 0.871. The lowest BCUT2D eigenvalue weighted by molar-refractivity contribution is -0.385. The zero-order valence-corrected chi connectivity index (χ0v) is 10.3. The van der Waals surface area contributed by atoms with E-state index in [9.17, 15) is 10.1 Å². The lowest BCUT2D eigenvalue weighted by Crippen LogP contribution is -2.31. The van der Waals surface area contributed by atoms with E-state index in [1.54, 1.807) is 12.3 Å². The summed E-state index contributed by atoms with van der Waals surface area (Å²) in [5, 5.41) is 14.2. The minimum Gasteiger partial charge on any atom is -0.314 e. The molecule has 1 heterocycles. The summed E-state index contributed by atoms with van der Waals surface area (Å²) >= 11 is 0. The van der Waals surface area contributed by atoms with Crippen LogP contribution < -0.4 is 5.32 Å². The highest BCUT2D eigenvalue weighted by atomic mass is 16.6. The Morgan fingerprint density at radius 3 is 2.88 bits per heavy atom. The molecule has 5 nitrogen and oxygen atoms in total. The monoisotopic (exact) mass is 237 g/mol. The first-order chi connectivity index (χ1) is 8.19. The molecule has 0 saturated carbocycles. The van der Waals surface area contributed by atoms with Gasteiger partial charge in [0.15, 0.2) is 0 Å². The second kappa shape index (κ2) is 6.96. The van der Waals surface area contributed by atoms with Crippen molar-refractivity contribution in [2.45, 2.75) is 39.2 Å². The number of nitrogens with zero attached hydrogens (tertiary/aromatic N) is 2. The lowest BCUT2D eigenvalue weighted by atomic mass is 10.0. The summed E-state index contributed by atoms with van der Waals surface area (Å²) in [6.07, 6.45) is 5.70. The zero-order chi connectivity index (χ0) is 12.7. The van der Waals surface area contributed by atoms with Crippen LogP contribution >= 0.6 is 0 Å². The van der Waals surface area contributed by atoms with Gasteiger partial charge in [0.2, 0.25) is 0 Å². The van der Waals surface area contributed by atoms with Crippen LogP contribution in [0.15, 0.2) is 18.5 Å². The molecule has 0 aliphatic heterocycles. The van der Waals surface area contributed by atoms with Crippen molar-refractivity contribution in [2.75, 3.05) is 6.54 Å². The van der Waals surface area contributed by atoms with Gasteiger partial charge in [-0.25, -0.2) is 0 Å². The third kappa shape index (κ3) is 4.11. The number of nitrogens with one attached hydrogen (secondary N) is 1. The number of hydrogen-bond donors (Lipinski definition) is 1. The molecular weight excluding hydrogens is 218 g/mol. The van der Waals surface area contributed by atoms with Crippen molar-refractivity contribution in [3.05, 3.63) is 34.1 Å². The Hall–Kier alpha value is -1.49. The molecule has 0 aromatic carbocycles. The number of rotatable bonds is 7. The maximum Gasteiger partial charge on any atom is 0.290 e. The molecule has 0 bridgehead atoms. The van der Waals surface area contributed by atoms with Gasteiger partial charge in [0.05, 0.1) is 4.92 Å². The van der Waals surface area contributed by atoms with Gasteiger partial charge in [-0.15, -0.1) is 0 Å². The first-order valence-electron chi connectivity index (χ1n) is 5.99. The quantitative estimate of drug-likeness (QED) is 0.583. The lowest BCUT2D eigenvalue weighted by Gasteiger charge is -2.16. The second-order valence-corrected chi connectivity index (χ2v) is 4.01. The highest BCUT2D eigenvalue weighted by Crippen LogP contribution is 2.19. The average Bonchev–Trinajstić information content (AvgIpc) is 2.30. The maximum absolute atomic E-state index is 10.9. The first kappa shape index (κ1) is 13.6. The maximum atomic E-state index is 10.9. The van der Waals surface area contributed by atoms with Crippen LogP contribution in [0.1, 0.15) is 32.3 Å². The molecule has 1 aromatic rings. The third-order valence-electron chi connectivity index (χ3n) is 2.68. The summed E-state index contributed by atoms with van der Waals surface area (Å²) < 4.78 is 0. The number of likely N-dealkylation sites (N-methyl/N-ethyl adjacent to an activating group) is 1. The molecule has 1 rings (SSSR count). The Labute approximate surface area is 101 Å². The van der Waals surface area contributed by atoms with Gasteiger partial charge in [0.25, 0.3) is 5.69 Å². The standard InChI is InChI=1S/C12H19N3O2/c1-3-5-11(14-4-2)8-10-6-7-13-9-12(10)15(16)17/h6-7,9,11,14H,3-5,8H2,1-2H3. The molecule has 5 heteroatoms. The third-order valence-corrected chi connectivity index (χ3v) is 2.68. The average molecular weight is 237 g/mol. The van der Waals surface area contributed by atoms with Crippen LogP contribution in [0.25, 0.3) is 0 Å². The van der Waals surface area contributed by atoms with E-state index in [0.717, 1.165) is 24.9 Å². The summed E-state index contributed by atoms with van der Waals surface area (Å²) in [6.45, 7) is 5.04. The molecule has 0 spiro atoms. The van der Waals surface area contributed by atoms with E-state index in [1.165, 1.54) is 6.20 Å². The van der Waals surface area contributed by atoms with Crippen molar-refractivity contribution in [3.8, 4) is 0 Å². The number of aromatic nitrogens is 1. The summed E-state index contributed by atoms with van der Waals surface area (Å²) in [7, 11) is 0. The van der Waals surface area contributed by atoms with Crippen molar-refractivity contribution in [2.24, 2.45) is 0 Å². The molecular formula is C12H19N3O2. The van der Waals surface area contributed by atoms with Crippen LogP contribution in [0, 0.1) is 10.1 Å². The van der Waals surface area contributed by atoms with Crippen LogP contribution in [0.5, 0.6) is 0 Å². The van der Waals surface area contributed by atoms with Crippen molar-refractivity contribution in [3.63, 3.8) is 0 Å². The minimum absolute atomic E-state index is 0.117. The highest BCUT2D eigenvalue weighted by molar-refractivity contribution is 5.37. The van der Waals surface area contributed by atoms with E-state index < -0.39 is 0 Å². The minimum atomic E-state index is -0.364. The van der Waals surface area contributed by atoms with Crippen LogP contribution in [0.3, 0.4) is 0 Å². The topological polar surface area (TPSA) is 68.1 Å². The molecule has 1 unspecified atom stereocenters. The molecule has 0 radical (unpaired) electrons. The van der Waals surface area contributed by atoms with Crippen LogP contribution in [-0.2, 0) is 6.42 Å². The van der Waals surface area contributed by atoms with Gasteiger partial charge in [-0.1, -0.05) is 20.3 Å². The Balaban J connectivity index is 2.80. The van der Waals surface area contributed by atoms with Gasteiger partial charge in [-0.05, 0) is 25.5 Å². The van der Waals surface area contributed by atoms with E-state index in [-0.39, 0.29) is 10.6 Å². The number of hydrogen-bond acceptors (Lipinski definition) is 4. The van der Waals surface area contributed by atoms with Gasteiger partial charge in [-0.3, -0.25) is 15.1 Å². The largest absolute Gasteiger partial charge is 0.314 e. The second-order valence-electron chi connectivity index (χ2n) is 4.01. The Bertz CT molecular complexity index is 363. The fourth-order valence-corrected chi connectivity index (χ4v) is 1.93. The van der Waals surface area contributed by atoms with E-state index >= 15 is 0 Å². The van der Waals surface area contributed by atoms with Gasteiger partial charge in [0, 0.05) is 17.8 Å². The van der Waals surface area contributed by atoms with Gasteiger partial charge in [0.1, 0.15) is 6.20 Å². The Morgan fingerprint density at radius 2 is 2.29 bits per heavy atom. The van der Waals surface area contributed by atoms with E-state index in [1.807, 2.05) is 6.92 Å². The van der Waals surface area contributed by atoms with Crippen LogP contribution in [0.2, 0.25) is 0 Å². The molecule has 1 atom stereocenters. The van der Waals surface area contributed by atoms with Gasteiger partial charge in [-0.2, -0.15) is 0 Å². The molecule has 0 saturated heterocycles. The van der Waals surface area contributed by atoms with E-state index in [0.29, 0.717) is 12.5 Å². The summed E-state index contributed by atoms with van der Waals surface area (Å²) in [6, 6.07) is 2.03. The van der Waals surface area contributed by atoms with E-state index in [4.69, 9.17) is 0 Å². The molecule has 17 heavy (non-hydrogen) atoms. The Kier molecular flexibility index (Phi) is 5.56. The summed E-state index contributed by atoms with van der Waals surface area (Å²) in [4.78, 5) is 14.3. The molecule has 0 aliphatic rings. The van der Waals surface area contributed by atoms with Crippen molar-refractivity contribution >= 4 is 5.69 Å². The molecule has 1 N–H and O–H groups in total.